The van der Waals surface area contributed by atoms with E-state index in [4.69, 9.17) is 26.5 Å². The Hall–Kier alpha value is -2.85. The number of nitrogens with zero attached hydrogens (tertiary/aromatic N) is 5. The molecule has 4 aromatic rings. The van der Waals surface area contributed by atoms with Gasteiger partial charge in [-0.05, 0) is 19.1 Å². The smallest absolute Gasteiger partial charge is 0.326 e. The number of hydrogen-bond acceptors (Lipinski definition) is 9. The number of rotatable bonds is 5. The molecule has 11 heteroatoms. The van der Waals surface area contributed by atoms with Crippen molar-refractivity contribution < 1.29 is 13.9 Å². The molecule has 138 valence electrons. The first-order valence-electron chi connectivity index (χ1n) is 7.92. The van der Waals surface area contributed by atoms with Crippen molar-refractivity contribution in [3.63, 3.8) is 0 Å². The van der Waals surface area contributed by atoms with Crippen molar-refractivity contribution in [2.75, 3.05) is 12.3 Å². The van der Waals surface area contributed by atoms with E-state index in [1.807, 2.05) is 0 Å². The number of carbonyl (C=O) groups is 1. The van der Waals surface area contributed by atoms with Gasteiger partial charge in [-0.3, -0.25) is 9.36 Å². The molecular weight excluding hydrogens is 392 g/mol. The number of halogens is 1. The Balaban J connectivity index is 1.78. The van der Waals surface area contributed by atoms with Crippen LogP contribution in [0.25, 0.3) is 22.3 Å². The number of nitrogens with two attached hydrogens (primary N) is 1. The molecule has 0 aliphatic carbocycles. The maximum Gasteiger partial charge on any atom is 0.326 e. The van der Waals surface area contributed by atoms with Crippen molar-refractivity contribution in [1.29, 1.82) is 0 Å². The zero-order valence-electron chi connectivity index (χ0n) is 14.0. The Kier molecular flexibility index (Phi) is 4.58. The third-order valence-electron chi connectivity index (χ3n) is 3.64. The van der Waals surface area contributed by atoms with Gasteiger partial charge in [-0.1, -0.05) is 17.7 Å². The summed E-state index contributed by atoms with van der Waals surface area (Å²) in [4.78, 5) is 29.0. The minimum Gasteiger partial charge on any atom is -0.465 e. The van der Waals surface area contributed by atoms with Crippen LogP contribution in [0.5, 0.6) is 0 Å². The molecule has 9 nitrogen and oxygen atoms in total. The summed E-state index contributed by atoms with van der Waals surface area (Å²) >= 11 is 7.26. The normalized spacial score (nSPS) is 11.3. The summed E-state index contributed by atoms with van der Waals surface area (Å²) in [5.41, 5.74) is 7.81. The number of ether oxygens (including phenoxy) is 1. The average Bonchev–Trinajstić information content (AvgIpc) is 3.19. The maximum absolute atomic E-state index is 12.0. The second-order valence-corrected chi connectivity index (χ2v) is 6.71. The van der Waals surface area contributed by atoms with Crippen molar-refractivity contribution in [3.05, 3.63) is 29.5 Å². The van der Waals surface area contributed by atoms with Crippen LogP contribution in [0.2, 0.25) is 5.02 Å². The van der Waals surface area contributed by atoms with Crippen LogP contribution in [-0.2, 0) is 16.1 Å². The van der Waals surface area contributed by atoms with Gasteiger partial charge in [0.2, 0.25) is 0 Å². The fourth-order valence-corrected chi connectivity index (χ4v) is 3.54. The van der Waals surface area contributed by atoms with Gasteiger partial charge in [0.15, 0.2) is 27.7 Å². The van der Waals surface area contributed by atoms with Gasteiger partial charge in [-0.2, -0.15) is 0 Å². The van der Waals surface area contributed by atoms with Gasteiger partial charge in [-0.25, -0.2) is 19.9 Å². The second-order valence-electron chi connectivity index (χ2n) is 5.39. The standard InChI is InChI=1S/C16H13ClN6O3S/c1-2-25-10(24)6-23-14-11(13(18)19-7-20-14)22-15(23)27-16-21-9-5-3-4-8(17)12(9)26-16/h3-5,7H,2,6H2,1H3,(H2,18,19,20). The highest BCUT2D eigenvalue weighted by molar-refractivity contribution is 7.99. The summed E-state index contributed by atoms with van der Waals surface area (Å²) in [6.45, 7) is 1.93. The molecule has 0 aliphatic heterocycles. The van der Waals surface area contributed by atoms with Gasteiger partial charge >= 0.3 is 5.97 Å². The predicted molar refractivity (Wildman–Crippen MR) is 99.5 cm³/mol. The van der Waals surface area contributed by atoms with Crippen LogP contribution in [0.1, 0.15) is 6.92 Å². The Labute approximate surface area is 161 Å². The monoisotopic (exact) mass is 404 g/mol. The Bertz CT molecular complexity index is 1160. The number of benzene rings is 1. The number of para-hydroxylation sites is 1. The van der Waals surface area contributed by atoms with Crippen LogP contribution in [0.15, 0.2) is 39.3 Å². The fraction of sp³-hybridized carbons (Fsp3) is 0.188. The zero-order chi connectivity index (χ0) is 19.0. The molecule has 0 saturated heterocycles. The highest BCUT2D eigenvalue weighted by Gasteiger charge is 2.21. The number of oxazole rings is 1. The number of anilines is 1. The van der Waals surface area contributed by atoms with E-state index in [1.54, 1.807) is 29.7 Å². The summed E-state index contributed by atoms with van der Waals surface area (Å²) in [6.07, 6.45) is 1.31. The van der Waals surface area contributed by atoms with E-state index in [1.165, 1.54) is 6.33 Å². The van der Waals surface area contributed by atoms with Crippen molar-refractivity contribution >= 4 is 57.4 Å². The fourth-order valence-electron chi connectivity index (χ4n) is 2.51. The van der Waals surface area contributed by atoms with E-state index in [0.717, 1.165) is 11.8 Å². The topological polar surface area (TPSA) is 122 Å². The summed E-state index contributed by atoms with van der Waals surface area (Å²) in [6, 6.07) is 5.30. The molecular formula is C16H13ClN6O3S. The molecule has 1 aromatic carbocycles. The average molecular weight is 405 g/mol. The Morgan fingerprint density at radius 1 is 1.37 bits per heavy atom. The van der Waals surface area contributed by atoms with E-state index in [0.29, 0.717) is 37.7 Å². The lowest BCUT2D eigenvalue weighted by molar-refractivity contribution is -0.143. The van der Waals surface area contributed by atoms with Crippen molar-refractivity contribution in [2.45, 2.75) is 23.8 Å². The summed E-state index contributed by atoms with van der Waals surface area (Å²) in [5, 5.41) is 1.21. The molecule has 0 unspecified atom stereocenters. The molecule has 3 aromatic heterocycles. The van der Waals surface area contributed by atoms with Crippen LogP contribution in [0, 0.1) is 0 Å². The van der Waals surface area contributed by atoms with E-state index >= 15 is 0 Å². The Morgan fingerprint density at radius 3 is 3.00 bits per heavy atom. The summed E-state index contributed by atoms with van der Waals surface area (Å²) in [7, 11) is 0. The number of imidazole rings is 1. The number of nitrogen functional groups attached to an aromatic ring is 1. The number of carbonyl (C=O) groups excluding carboxylic acids is 1. The van der Waals surface area contributed by atoms with E-state index in [-0.39, 0.29) is 19.0 Å². The molecule has 2 N–H and O–H groups in total. The van der Waals surface area contributed by atoms with Gasteiger partial charge < -0.3 is 14.9 Å². The summed E-state index contributed by atoms with van der Waals surface area (Å²) in [5.74, 6) is -0.207. The third-order valence-corrected chi connectivity index (χ3v) is 4.78. The van der Waals surface area contributed by atoms with Gasteiger partial charge in [-0.15, -0.1) is 0 Å². The molecule has 0 bridgehead atoms. The molecule has 0 aliphatic rings. The van der Waals surface area contributed by atoms with Crippen LogP contribution in [-0.4, -0.2) is 37.1 Å². The minimum atomic E-state index is -0.420. The predicted octanol–water partition coefficient (Wildman–Crippen LogP) is 2.92. The van der Waals surface area contributed by atoms with Crippen molar-refractivity contribution in [3.8, 4) is 0 Å². The number of aromatic nitrogens is 5. The van der Waals surface area contributed by atoms with Crippen LogP contribution in [0.4, 0.5) is 5.82 Å². The third kappa shape index (κ3) is 3.28. The molecule has 0 atom stereocenters. The SMILES string of the molecule is CCOC(=O)Cn1c(Sc2nc3cccc(Cl)c3o2)nc2c(N)ncnc21. The van der Waals surface area contributed by atoms with Gasteiger partial charge in [0.05, 0.1) is 11.6 Å². The van der Waals surface area contributed by atoms with Crippen LogP contribution < -0.4 is 5.73 Å². The molecule has 27 heavy (non-hydrogen) atoms. The molecule has 0 fully saturated rings. The maximum atomic E-state index is 12.0. The van der Waals surface area contributed by atoms with Crippen molar-refractivity contribution in [2.24, 2.45) is 0 Å². The first kappa shape index (κ1) is 17.6. The molecule has 0 spiro atoms. The zero-order valence-corrected chi connectivity index (χ0v) is 15.6. The van der Waals surface area contributed by atoms with Gasteiger partial charge in [0.25, 0.3) is 5.22 Å². The number of hydrogen-bond donors (Lipinski definition) is 1. The van der Waals surface area contributed by atoms with E-state index in [2.05, 4.69) is 19.9 Å². The molecule has 0 amide bonds. The number of esters is 1. The molecule has 0 saturated carbocycles. The van der Waals surface area contributed by atoms with Gasteiger partial charge in [0.1, 0.15) is 18.4 Å². The molecule has 4 rings (SSSR count). The molecule has 0 radical (unpaired) electrons. The Morgan fingerprint density at radius 2 is 2.22 bits per heavy atom. The lowest BCUT2D eigenvalue weighted by atomic mass is 10.3. The van der Waals surface area contributed by atoms with Gasteiger partial charge in [0, 0.05) is 11.8 Å². The lowest BCUT2D eigenvalue weighted by Crippen LogP contribution is -2.14. The minimum absolute atomic E-state index is 0.0793. The van der Waals surface area contributed by atoms with Crippen LogP contribution in [0.3, 0.4) is 0 Å². The first-order valence-corrected chi connectivity index (χ1v) is 9.11. The first-order chi connectivity index (χ1) is 13.1. The van der Waals surface area contributed by atoms with Crippen LogP contribution >= 0.6 is 23.4 Å². The number of fused-ring (bicyclic) bond motifs is 2. The second kappa shape index (κ2) is 7.05. The highest BCUT2D eigenvalue weighted by atomic mass is 35.5. The summed E-state index contributed by atoms with van der Waals surface area (Å²) < 4.78 is 12.3. The quantitative estimate of drug-likeness (QED) is 0.500. The molecule has 3 heterocycles. The van der Waals surface area contributed by atoms with E-state index < -0.39 is 5.97 Å². The lowest BCUT2D eigenvalue weighted by Gasteiger charge is -2.06. The van der Waals surface area contributed by atoms with Crippen molar-refractivity contribution in [1.82, 2.24) is 24.5 Å². The largest absolute Gasteiger partial charge is 0.465 e. The van der Waals surface area contributed by atoms with E-state index in [9.17, 15) is 4.79 Å². The highest BCUT2D eigenvalue weighted by Crippen LogP contribution is 2.34.